The molecule has 0 radical (unpaired) electrons. The van der Waals surface area contributed by atoms with Crippen molar-refractivity contribution in [1.82, 2.24) is 0 Å². The van der Waals surface area contributed by atoms with Crippen LogP contribution >= 0.6 is 0 Å². The third-order valence-corrected chi connectivity index (χ3v) is 2.15. The van der Waals surface area contributed by atoms with Crippen molar-refractivity contribution in [3.05, 3.63) is 29.3 Å². The monoisotopic (exact) mass is 217 g/mol. The number of halogens is 2. The van der Waals surface area contributed by atoms with Crippen LogP contribution in [0.25, 0.3) is 0 Å². The summed E-state index contributed by atoms with van der Waals surface area (Å²) < 4.78 is 30.8. The van der Waals surface area contributed by atoms with Gasteiger partial charge in [0.15, 0.2) is 11.6 Å². The first-order valence-corrected chi connectivity index (χ1v) is 4.44. The highest BCUT2D eigenvalue weighted by molar-refractivity contribution is 5.37. The summed E-state index contributed by atoms with van der Waals surface area (Å²) in [7, 11) is 1.40. The molecule has 0 aliphatic heterocycles. The van der Waals surface area contributed by atoms with Gasteiger partial charge in [-0.1, -0.05) is 6.92 Å². The van der Waals surface area contributed by atoms with E-state index in [1.807, 2.05) is 0 Å². The number of methoxy groups -OCH3 is 1. The molecule has 0 fully saturated rings. The molecule has 1 atom stereocenters. The van der Waals surface area contributed by atoms with Crippen molar-refractivity contribution < 1.29 is 18.4 Å². The van der Waals surface area contributed by atoms with E-state index in [4.69, 9.17) is 10.6 Å². The molecule has 0 aliphatic rings. The van der Waals surface area contributed by atoms with Crippen molar-refractivity contribution in [1.29, 1.82) is 0 Å². The summed E-state index contributed by atoms with van der Waals surface area (Å²) in [4.78, 5) is 4.46. The molecule has 1 aromatic carbocycles. The van der Waals surface area contributed by atoms with Gasteiger partial charge in [0.2, 0.25) is 0 Å². The number of rotatable bonds is 4. The summed E-state index contributed by atoms with van der Waals surface area (Å²) in [6.07, 6.45) is 0. The molecule has 0 spiro atoms. The van der Waals surface area contributed by atoms with Gasteiger partial charge in [0.05, 0.1) is 13.7 Å². The number of benzene rings is 1. The van der Waals surface area contributed by atoms with E-state index in [0.29, 0.717) is 11.3 Å². The average Bonchev–Trinajstić information content (AvgIpc) is 2.21. The molecule has 0 saturated heterocycles. The van der Waals surface area contributed by atoms with E-state index >= 15 is 0 Å². The lowest BCUT2D eigenvalue weighted by molar-refractivity contribution is 0.126. The molecule has 84 valence electrons. The minimum Gasteiger partial charge on any atom is -0.496 e. The lowest BCUT2D eigenvalue weighted by Gasteiger charge is -2.14. The molecule has 1 unspecified atom stereocenters. The van der Waals surface area contributed by atoms with Gasteiger partial charge in [0, 0.05) is 17.5 Å². The minimum absolute atomic E-state index is 0.167. The van der Waals surface area contributed by atoms with Crippen molar-refractivity contribution in [3.63, 3.8) is 0 Å². The van der Waals surface area contributed by atoms with Gasteiger partial charge in [-0.3, -0.25) is 0 Å². The first kappa shape index (κ1) is 11.9. The normalized spacial score (nSPS) is 12.6. The van der Waals surface area contributed by atoms with Gasteiger partial charge < -0.3 is 9.57 Å². The van der Waals surface area contributed by atoms with Gasteiger partial charge in [-0.05, 0) is 6.07 Å². The van der Waals surface area contributed by atoms with Crippen LogP contribution in [0, 0.1) is 11.6 Å². The van der Waals surface area contributed by atoms with Crippen LogP contribution in [0.2, 0.25) is 0 Å². The van der Waals surface area contributed by atoms with Crippen LogP contribution < -0.4 is 10.6 Å². The standard InChI is InChI=1S/C10H13F2NO2/c1-6(5-15-13)7-3-8(11)9(12)4-10(7)14-2/h3-4,6H,5,13H2,1-2H3. The molecule has 0 aromatic heterocycles. The van der Waals surface area contributed by atoms with Crippen molar-refractivity contribution in [3.8, 4) is 5.75 Å². The Bertz CT molecular complexity index is 344. The smallest absolute Gasteiger partial charge is 0.162 e. The minimum atomic E-state index is -0.934. The van der Waals surface area contributed by atoms with Crippen LogP contribution in [0.4, 0.5) is 8.78 Å². The van der Waals surface area contributed by atoms with Gasteiger partial charge in [-0.25, -0.2) is 14.7 Å². The summed E-state index contributed by atoms with van der Waals surface area (Å²) in [6, 6.07) is 2.11. The van der Waals surface area contributed by atoms with Crippen molar-refractivity contribution in [2.45, 2.75) is 12.8 Å². The summed E-state index contributed by atoms with van der Waals surface area (Å²) >= 11 is 0. The highest BCUT2D eigenvalue weighted by Crippen LogP contribution is 2.28. The van der Waals surface area contributed by atoms with Crippen molar-refractivity contribution in [2.75, 3.05) is 13.7 Å². The molecule has 3 nitrogen and oxygen atoms in total. The van der Waals surface area contributed by atoms with E-state index in [-0.39, 0.29) is 12.5 Å². The van der Waals surface area contributed by atoms with Crippen LogP contribution in [0.1, 0.15) is 18.4 Å². The molecule has 1 rings (SSSR count). The first-order valence-electron chi connectivity index (χ1n) is 4.44. The highest BCUT2D eigenvalue weighted by atomic mass is 19.2. The molecule has 15 heavy (non-hydrogen) atoms. The third-order valence-electron chi connectivity index (χ3n) is 2.15. The van der Waals surface area contributed by atoms with Crippen LogP contribution in [0.5, 0.6) is 5.75 Å². The average molecular weight is 217 g/mol. The predicted molar refractivity (Wildman–Crippen MR) is 51.5 cm³/mol. The largest absolute Gasteiger partial charge is 0.496 e. The molecule has 0 aliphatic carbocycles. The lowest BCUT2D eigenvalue weighted by atomic mass is 10.0. The van der Waals surface area contributed by atoms with E-state index in [1.165, 1.54) is 7.11 Å². The first-order chi connectivity index (χ1) is 7.10. The molecule has 1 aromatic rings. The van der Waals surface area contributed by atoms with Gasteiger partial charge in [0.1, 0.15) is 5.75 Å². The number of ether oxygens (including phenoxy) is 1. The second-order valence-corrected chi connectivity index (χ2v) is 3.24. The molecular formula is C10H13F2NO2. The van der Waals surface area contributed by atoms with Gasteiger partial charge >= 0.3 is 0 Å². The van der Waals surface area contributed by atoms with Crippen LogP contribution in [0.15, 0.2) is 12.1 Å². The summed E-state index contributed by atoms with van der Waals surface area (Å²) in [5.74, 6) is 3.20. The van der Waals surface area contributed by atoms with Gasteiger partial charge in [-0.2, -0.15) is 0 Å². The molecule has 0 amide bonds. The fourth-order valence-electron chi connectivity index (χ4n) is 1.34. The van der Waals surface area contributed by atoms with E-state index in [2.05, 4.69) is 4.84 Å². The zero-order valence-electron chi connectivity index (χ0n) is 8.59. The Hall–Kier alpha value is -1.20. The maximum Gasteiger partial charge on any atom is 0.162 e. The Morgan fingerprint density at radius 1 is 1.33 bits per heavy atom. The van der Waals surface area contributed by atoms with E-state index in [0.717, 1.165) is 12.1 Å². The molecule has 0 saturated carbocycles. The van der Waals surface area contributed by atoms with E-state index in [1.54, 1.807) is 6.92 Å². The maximum atomic E-state index is 13.0. The lowest BCUT2D eigenvalue weighted by Crippen LogP contribution is -2.10. The van der Waals surface area contributed by atoms with Crippen LogP contribution in [-0.4, -0.2) is 13.7 Å². The van der Waals surface area contributed by atoms with Gasteiger partial charge in [-0.15, -0.1) is 0 Å². The third kappa shape index (κ3) is 2.64. The number of hydrogen-bond acceptors (Lipinski definition) is 3. The molecule has 0 heterocycles. The Morgan fingerprint density at radius 2 is 1.93 bits per heavy atom. The van der Waals surface area contributed by atoms with Crippen LogP contribution in [0.3, 0.4) is 0 Å². The zero-order chi connectivity index (χ0) is 11.4. The van der Waals surface area contributed by atoms with Crippen molar-refractivity contribution in [2.24, 2.45) is 5.90 Å². The summed E-state index contributed by atoms with van der Waals surface area (Å²) in [6.45, 7) is 1.99. The summed E-state index contributed by atoms with van der Waals surface area (Å²) in [5, 5.41) is 0. The predicted octanol–water partition coefficient (Wildman–Crippen LogP) is 1.97. The number of hydrogen-bond donors (Lipinski definition) is 1. The quantitative estimate of drug-likeness (QED) is 0.784. The van der Waals surface area contributed by atoms with Gasteiger partial charge in [0.25, 0.3) is 0 Å². The Balaban J connectivity index is 3.09. The zero-order valence-corrected chi connectivity index (χ0v) is 8.59. The SMILES string of the molecule is COc1cc(F)c(F)cc1C(C)CON. The maximum absolute atomic E-state index is 13.0. The topological polar surface area (TPSA) is 44.5 Å². The highest BCUT2D eigenvalue weighted by Gasteiger charge is 2.15. The molecular weight excluding hydrogens is 204 g/mol. The fourth-order valence-corrected chi connectivity index (χ4v) is 1.34. The van der Waals surface area contributed by atoms with E-state index < -0.39 is 11.6 Å². The Labute approximate surface area is 86.7 Å². The number of nitrogens with two attached hydrogens (primary N) is 1. The van der Waals surface area contributed by atoms with E-state index in [9.17, 15) is 8.78 Å². The molecule has 2 N–H and O–H groups in total. The Morgan fingerprint density at radius 3 is 2.47 bits per heavy atom. The second-order valence-electron chi connectivity index (χ2n) is 3.24. The van der Waals surface area contributed by atoms with Crippen LogP contribution in [-0.2, 0) is 4.84 Å². The van der Waals surface area contributed by atoms with Crippen molar-refractivity contribution >= 4 is 0 Å². The summed E-state index contributed by atoms with van der Waals surface area (Å²) in [5.41, 5.74) is 0.529. The second kappa shape index (κ2) is 5.04. The fraction of sp³-hybridized carbons (Fsp3) is 0.400. The molecule has 0 bridgehead atoms. The Kier molecular flexibility index (Phi) is 3.99. The molecule has 5 heteroatoms.